The minimum absolute atomic E-state index is 0.106. The zero-order valence-electron chi connectivity index (χ0n) is 19.0. The molecule has 0 aliphatic carbocycles. The number of hydrogen-bond acceptors (Lipinski definition) is 3. The van der Waals surface area contributed by atoms with Gasteiger partial charge < -0.3 is 15.2 Å². The molecule has 4 rings (SSSR count). The van der Waals surface area contributed by atoms with E-state index in [4.69, 9.17) is 0 Å². The quantitative estimate of drug-likeness (QED) is 0.471. The number of rotatable bonds is 4. The smallest absolute Gasteiger partial charge is 0.260 e. The Morgan fingerprint density at radius 2 is 1.78 bits per heavy atom. The lowest BCUT2D eigenvalue weighted by molar-refractivity contribution is -0.116. The second kappa shape index (κ2) is 8.51. The molecule has 2 N–H and O–H groups in total. The van der Waals surface area contributed by atoms with Crippen molar-refractivity contribution in [2.24, 2.45) is 0 Å². The van der Waals surface area contributed by atoms with E-state index in [0.717, 1.165) is 22.6 Å². The standard InChI is InChI=1S/C26H28FN3OS/c1-16-14-18(17(2)30(16)20-12-10-19(11-13-20)26(3,4)5)15-23-24(31)29-25(32-23)28-22-9-7-6-8-21(22)27/h6-15,25,28H,1-5H3,(H,29,31)/b23-15-. The van der Waals surface area contributed by atoms with Crippen LogP contribution in [0.1, 0.15) is 43.3 Å². The monoisotopic (exact) mass is 449 g/mol. The SMILES string of the molecule is Cc1cc(/C=C2\SC(Nc3ccccc3F)NC2=O)c(C)n1-c1ccc(C(C)(C)C)cc1. The third-order valence-electron chi connectivity index (χ3n) is 5.64. The Bertz CT molecular complexity index is 1190. The molecule has 2 aromatic carbocycles. The lowest BCUT2D eigenvalue weighted by atomic mass is 9.87. The van der Waals surface area contributed by atoms with Crippen LogP contribution in [-0.4, -0.2) is 16.0 Å². The first-order chi connectivity index (χ1) is 15.1. The van der Waals surface area contributed by atoms with Crippen molar-refractivity contribution in [3.05, 3.63) is 87.8 Å². The van der Waals surface area contributed by atoms with Gasteiger partial charge in [-0.05, 0) is 66.8 Å². The van der Waals surface area contributed by atoms with Crippen LogP contribution in [-0.2, 0) is 10.2 Å². The largest absolute Gasteiger partial charge is 0.354 e. The number of para-hydroxylation sites is 1. The molecular formula is C26H28FN3OS. The molecule has 1 aromatic heterocycles. The number of benzene rings is 2. The first-order valence-corrected chi connectivity index (χ1v) is 11.5. The second-order valence-electron chi connectivity index (χ2n) is 9.06. The molecule has 166 valence electrons. The number of nitrogens with zero attached hydrogens (tertiary/aromatic N) is 1. The highest BCUT2D eigenvalue weighted by Crippen LogP contribution is 2.33. The highest BCUT2D eigenvalue weighted by molar-refractivity contribution is 8.05. The third-order valence-corrected chi connectivity index (χ3v) is 6.67. The molecule has 0 radical (unpaired) electrons. The third kappa shape index (κ3) is 4.46. The molecule has 3 aromatic rings. The van der Waals surface area contributed by atoms with Gasteiger partial charge in [-0.2, -0.15) is 0 Å². The summed E-state index contributed by atoms with van der Waals surface area (Å²) in [4.78, 5) is 13.1. The predicted octanol–water partition coefficient (Wildman–Crippen LogP) is 6.13. The van der Waals surface area contributed by atoms with Gasteiger partial charge in [-0.3, -0.25) is 4.79 Å². The summed E-state index contributed by atoms with van der Waals surface area (Å²) in [7, 11) is 0. The van der Waals surface area contributed by atoms with E-state index in [0.29, 0.717) is 10.6 Å². The lowest BCUT2D eigenvalue weighted by Gasteiger charge is -2.20. The summed E-state index contributed by atoms with van der Waals surface area (Å²) < 4.78 is 16.1. The van der Waals surface area contributed by atoms with E-state index in [9.17, 15) is 9.18 Å². The van der Waals surface area contributed by atoms with Gasteiger partial charge in [0.2, 0.25) is 0 Å². The summed E-state index contributed by atoms with van der Waals surface area (Å²) in [6.45, 7) is 10.7. The maximum Gasteiger partial charge on any atom is 0.260 e. The number of halogens is 1. The van der Waals surface area contributed by atoms with Crippen molar-refractivity contribution >= 4 is 29.4 Å². The summed E-state index contributed by atoms with van der Waals surface area (Å²) in [5, 5.41) is 5.90. The molecule has 1 saturated heterocycles. The van der Waals surface area contributed by atoms with E-state index >= 15 is 0 Å². The van der Waals surface area contributed by atoms with Crippen LogP contribution in [0.4, 0.5) is 10.1 Å². The lowest BCUT2D eigenvalue weighted by Crippen LogP contribution is -2.31. The van der Waals surface area contributed by atoms with Crippen molar-refractivity contribution in [1.82, 2.24) is 9.88 Å². The summed E-state index contributed by atoms with van der Waals surface area (Å²) >= 11 is 1.35. The van der Waals surface area contributed by atoms with Gasteiger partial charge in [0.15, 0.2) is 5.50 Å². The molecule has 1 unspecified atom stereocenters. The van der Waals surface area contributed by atoms with Crippen molar-refractivity contribution in [1.29, 1.82) is 0 Å². The van der Waals surface area contributed by atoms with Crippen LogP contribution in [0, 0.1) is 19.7 Å². The van der Waals surface area contributed by atoms with E-state index in [2.05, 4.69) is 80.2 Å². The average Bonchev–Trinajstić information content (AvgIpc) is 3.21. The first kappa shape index (κ1) is 22.2. The van der Waals surface area contributed by atoms with E-state index in [-0.39, 0.29) is 17.1 Å². The Morgan fingerprint density at radius 3 is 2.44 bits per heavy atom. The van der Waals surface area contributed by atoms with Gasteiger partial charge in [-0.15, -0.1) is 0 Å². The fourth-order valence-electron chi connectivity index (χ4n) is 3.87. The van der Waals surface area contributed by atoms with Crippen molar-refractivity contribution in [3.8, 4) is 5.69 Å². The van der Waals surface area contributed by atoms with Crippen LogP contribution >= 0.6 is 11.8 Å². The van der Waals surface area contributed by atoms with E-state index in [1.54, 1.807) is 18.2 Å². The van der Waals surface area contributed by atoms with E-state index in [1.807, 2.05) is 6.08 Å². The highest BCUT2D eigenvalue weighted by atomic mass is 32.2. The van der Waals surface area contributed by atoms with Gasteiger partial charge in [0, 0.05) is 17.1 Å². The Balaban J connectivity index is 1.57. The number of carbonyl (C=O) groups excluding carboxylic acids is 1. The number of aromatic nitrogens is 1. The number of amides is 1. The molecule has 6 heteroatoms. The molecule has 1 amide bonds. The number of anilines is 1. The number of carbonyl (C=O) groups is 1. The molecule has 2 heterocycles. The molecule has 32 heavy (non-hydrogen) atoms. The number of nitrogens with one attached hydrogen (secondary N) is 2. The summed E-state index contributed by atoms with van der Waals surface area (Å²) in [6, 6.07) is 17.2. The van der Waals surface area contributed by atoms with Crippen LogP contribution in [0.5, 0.6) is 0 Å². The maximum absolute atomic E-state index is 13.9. The van der Waals surface area contributed by atoms with E-state index in [1.165, 1.54) is 23.4 Å². The summed E-state index contributed by atoms with van der Waals surface area (Å²) in [5.41, 5.74) is 5.60. The molecule has 1 atom stereocenters. The fraction of sp³-hybridized carbons (Fsp3) is 0.269. The average molecular weight is 450 g/mol. The molecule has 1 aliphatic rings. The van der Waals surface area contributed by atoms with Crippen molar-refractivity contribution in [3.63, 3.8) is 0 Å². The topological polar surface area (TPSA) is 46.1 Å². The fourth-order valence-corrected chi connectivity index (χ4v) is 4.83. The Labute approximate surface area is 192 Å². The molecule has 1 fully saturated rings. The van der Waals surface area contributed by atoms with Crippen molar-refractivity contribution in [2.75, 3.05) is 5.32 Å². The number of aryl methyl sites for hydroxylation is 1. The first-order valence-electron chi connectivity index (χ1n) is 10.6. The number of thioether (sulfide) groups is 1. The Kier molecular flexibility index (Phi) is 5.91. The molecule has 1 aliphatic heterocycles. The molecular weight excluding hydrogens is 421 g/mol. The second-order valence-corrected chi connectivity index (χ2v) is 10.2. The Hall–Kier alpha value is -2.99. The van der Waals surface area contributed by atoms with Gasteiger partial charge in [0.25, 0.3) is 5.91 Å². The van der Waals surface area contributed by atoms with E-state index < -0.39 is 5.50 Å². The molecule has 0 saturated carbocycles. The van der Waals surface area contributed by atoms with Crippen molar-refractivity contribution in [2.45, 2.75) is 45.5 Å². The zero-order chi connectivity index (χ0) is 23.0. The van der Waals surface area contributed by atoms with Crippen LogP contribution in [0.25, 0.3) is 11.8 Å². The van der Waals surface area contributed by atoms with Crippen LogP contribution in [0.2, 0.25) is 0 Å². The minimum Gasteiger partial charge on any atom is -0.354 e. The van der Waals surface area contributed by atoms with Gasteiger partial charge in [0.1, 0.15) is 5.82 Å². The zero-order valence-corrected chi connectivity index (χ0v) is 19.8. The minimum atomic E-state index is -0.418. The highest BCUT2D eigenvalue weighted by Gasteiger charge is 2.28. The van der Waals surface area contributed by atoms with Gasteiger partial charge in [-0.1, -0.05) is 56.8 Å². The van der Waals surface area contributed by atoms with Crippen LogP contribution < -0.4 is 10.6 Å². The molecule has 0 bridgehead atoms. The van der Waals surface area contributed by atoms with Crippen LogP contribution in [0.3, 0.4) is 0 Å². The van der Waals surface area contributed by atoms with Crippen molar-refractivity contribution < 1.29 is 9.18 Å². The number of hydrogen-bond donors (Lipinski definition) is 2. The predicted molar refractivity (Wildman–Crippen MR) is 131 cm³/mol. The molecule has 0 spiro atoms. The summed E-state index contributed by atoms with van der Waals surface area (Å²) in [5.74, 6) is -0.510. The maximum atomic E-state index is 13.9. The normalized spacial score (nSPS) is 17.6. The molecule has 4 nitrogen and oxygen atoms in total. The van der Waals surface area contributed by atoms with Gasteiger partial charge in [-0.25, -0.2) is 4.39 Å². The Morgan fingerprint density at radius 1 is 1.09 bits per heavy atom. The van der Waals surface area contributed by atoms with Gasteiger partial charge in [0.05, 0.1) is 10.6 Å². The van der Waals surface area contributed by atoms with Crippen LogP contribution in [0.15, 0.2) is 59.5 Å². The van der Waals surface area contributed by atoms with Gasteiger partial charge >= 0.3 is 0 Å². The summed E-state index contributed by atoms with van der Waals surface area (Å²) in [6.07, 6.45) is 1.91.